The Balaban J connectivity index is 0.986. The molecular weight excluding hydrogens is 957 g/mol. The summed E-state index contributed by atoms with van der Waals surface area (Å²) in [5, 5.41) is 22.2. The number of methoxy groups -OCH3 is 2. The molecule has 0 bridgehead atoms. The van der Waals surface area contributed by atoms with E-state index in [1.165, 1.54) is 28.1 Å². The topological polar surface area (TPSA) is 286 Å². The Kier molecular flexibility index (Phi) is 15.7. The van der Waals surface area contributed by atoms with Crippen LogP contribution in [0.3, 0.4) is 0 Å². The van der Waals surface area contributed by atoms with Gasteiger partial charge in [0.2, 0.25) is 11.8 Å². The molecule has 8 rings (SSSR count). The Hall–Kier alpha value is -8.57. The molecule has 3 aromatic heterocycles. The third-order valence-electron chi connectivity index (χ3n) is 13.0. The number of nitrogens with zero attached hydrogens (tertiary/aromatic N) is 10. The summed E-state index contributed by atoms with van der Waals surface area (Å²) in [6.45, 7) is 10.3. The quantitative estimate of drug-likeness (QED) is 0.0534. The molecule has 0 radical (unpaired) electrons. The van der Waals surface area contributed by atoms with E-state index in [0.717, 1.165) is 39.4 Å². The Morgan fingerprint density at radius 3 is 1.76 bits per heavy atom. The van der Waals surface area contributed by atoms with Crippen molar-refractivity contribution >= 4 is 41.7 Å². The van der Waals surface area contributed by atoms with Crippen LogP contribution in [0.25, 0.3) is 33.6 Å². The van der Waals surface area contributed by atoms with Crippen molar-refractivity contribution in [3.63, 3.8) is 0 Å². The fourth-order valence-corrected chi connectivity index (χ4v) is 9.03. The summed E-state index contributed by atoms with van der Waals surface area (Å²) < 4.78 is 23.1. The van der Waals surface area contributed by atoms with Crippen LogP contribution in [-0.2, 0) is 44.7 Å². The lowest BCUT2D eigenvalue weighted by atomic mass is 10.0. The maximum Gasteiger partial charge on any atom is 0.407 e. The number of carbonyl (C=O) groups is 6. The summed E-state index contributed by atoms with van der Waals surface area (Å²) in [4.78, 5) is 95.7. The van der Waals surface area contributed by atoms with Crippen LogP contribution in [0.4, 0.5) is 9.59 Å². The average Bonchev–Trinajstić information content (AvgIpc) is 4.26. The standard InChI is InChI=1S/C50H58N14O10/c1-27(2)43(55-49(69)71-7)47(67)61-23-37(63-21-35(57-59-63)25-73-29(5)65)17-41(61)45-51-19-39(53-45)33-13-9-31(10-14-33)32-11-15-34(16-12-32)40-20-52-46(54-40)42-18-38(64-22-36(58-60-64)26-74-30(6)66)24-62(42)48(68)44(28(3)4)56-50(70)72-8/h9-16,19-22,27-28,37,41-44H,17-18,23-26H2,1-8H3,(H3-,51,52,53,54,55,56,57,58,59,60,69,70)/p+1. The van der Waals surface area contributed by atoms with Crippen LogP contribution in [0.5, 0.6) is 0 Å². The number of aromatic amines is 2. The van der Waals surface area contributed by atoms with Gasteiger partial charge in [0.15, 0.2) is 12.8 Å². The molecule has 24 nitrogen and oxygen atoms in total. The number of amides is 4. The molecule has 0 saturated carbocycles. The Morgan fingerprint density at radius 1 is 0.716 bits per heavy atom. The molecule has 74 heavy (non-hydrogen) atoms. The number of likely N-dealkylation sites (tertiary alicyclic amines) is 2. The van der Waals surface area contributed by atoms with Crippen LogP contribution >= 0.6 is 0 Å². The molecule has 4 amide bonds. The van der Waals surface area contributed by atoms with E-state index in [4.69, 9.17) is 28.9 Å². The van der Waals surface area contributed by atoms with Gasteiger partial charge in [-0.2, -0.15) is 0 Å². The first-order chi connectivity index (χ1) is 35.5. The van der Waals surface area contributed by atoms with Crippen molar-refractivity contribution in [1.29, 1.82) is 0 Å². The molecule has 5 aromatic rings. The lowest BCUT2D eigenvalue weighted by molar-refractivity contribution is -0.466. The minimum atomic E-state index is -0.882. The summed E-state index contributed by atoms with van der Waals surface area (Å²) >= 11 is 0. The van der Waals surface area contributed by atoms with E-state index >= 15 is 0 Å². The van der Waals surface area contributed by atoms with Crippen LogP contribution in [0.1, 0.15) is 89.9 Å². The maximum absolute atomic E-state index is 14.2. The largest absolute Gasteiger partial charge is 0.459 e. The van der Waals surface area contributed by atoms with Crippen molar-refractivity contribution in [2.75, 3.05) is 33.9 Å². The number of ether oxygens (including phenoxy) is 4. The third kappa shape index (κ3) is 11.7. The van der Waals surface area contributed by atoms with Gasteiger partial charge in [0, 0.05) is 26.8 Å². The summed E-state index contributed by atoms with van der Waals surface area (Å²) in [7, 11) is 2.49. The van der Waals surface area contributed by atoms with E-state index in [9.17, 15) is 28.8 Å². The van der Waals surface area contributed by atoms with Crippen LogP contribution in [0.2, 0.25) is 0 Å². The van der Waals surface area contributed by atoms with Gasteiger partial charge in [-0.3, -0.25) is 19.2 Å². The van der Waals surface area contributed by atoms with Crippen molar-refractivity contribution in [2.24, 2.45) is 22.2 Å². The second kappa shape index (κ2) is 22.5. The number of alkyl carbamates (subject to hydrolysis) is 2. The van der Waals surface area contributed by atoms with E-state index in [1.807, 2.05) is 76.2 Å². The van der Waals surface area contributed by atoms with Gasteiger partial charge in [-0.25, -0.2) is 24.2 Å². The Morgan fingerprint density at radius 2 is 1.23 bits per heavy atom. The average molecular weight is 1020 g/mol. The predicted molar refractivity (Wildman–Crippen MR) is 263 cm³/mol. The molecule has 24 heteroatoms. The first kappa shape index (κ1) is 51.8. The van der Waals surface area contributed by atoms with Gasteiger partial charge in [0.25, 0.3) is 5.70 Å². The maximum atomic E-state index is 14.2. The van der Waals surface area contributed by atoms with Gasteiger partial charge in [0.1, 0.15) is 47.0 Å². The number of carbonyl (C=O) groups excluding carboxylic acids is 6. The second-order valence-electron chi connectivity index (χ2n) is 18.8. The van der Waals surface area contributed by atoms with Crippen molar-refractivity contribution in [3.05, 3.63) is 96.4 Å². The predicted octanol–water partition coefficient (Wildman–Crippen LogP) is 5.58. The van der Waals surface area contributed by atoms with Gasteiger partial charge in [-0.05, 0) is 40.5 Å². The number of esters is 2. The summed E-state index contributed by atoms with van der Waals surface area (Å²) in [5.41, 5.74) is 6.78. The molecule has 5 atom stereocenters. The molecule has 2 saturated heterocycles. The number of rotatable bonds is 16. The third-order valence-corrected chi connectivity index (χ3v) is 13.0. The molecule has 3 aliphatic heterocycles. The molecule has 0 spiro atoms. The zero-order chi connectivity index (χ0) is 52.8. The molecule has 3 aliphatic rings. The number of H-pyrrole nitrogens is 2. The van der Waals surface area contributed by atoms with E-state index in [-0.39, 0.29) is 56.0 Å². The molecule has 0 aliphatic carbocycles. The van der Waals surface area contributed by atoms with Crippen molar-refractivity contribution < 1.29 is 52.4 Å². The summed E-state index contributed by atoms with van der Waals surface area (Å²) in [6, 6.07) is 12.9. The van der Waals surface area contributed by atoms with E-state index in [0.29, 0.717) is 35.9 Å². The normalized spacial score (nSPS) is 19.1. The van der Waals surface area contributed by atoms with Gasteiger partial charge < -0.3 is 49.3 Å². The molecule has 388 valence electrons. The fourth-order valence-electron chi connectivity index (χ4n) is 9.03. The highest BCUT2D eigenvalue weighted by Gasteiger charge is 2.44. The minimum absolute atomic E-state index is 0.0334. The number of imidazole rings is 2. The van der Waals surface area contributed by atoms with Gasteiger partial charge in [-0.1, -0.05) is 81.4 Å². The highest BCUT2D eigenvalue weighted by atomic mass is 16.5. The van der Waals surface area contributed by atoms with Crippen LogP contribution in [-0.4, -0.2) is 137 Å². The van der Waals surface area contributed by atoms with Crippen LogP contribution < -0.4 is 10.6 Å². The molecule has 2 aromatic carbocycles. The lowest BCUT2D eigenvalue weighted by Crippen LogP contribution is -2.51. The van der Waals surface area contributed by atoms with E-state index < -0.39 is 48.3 Å². The number of hydrogen-bond donors (Lipinski definition) is 4. The van der Waals surface area contributed by atoms with Gasteiger partial charge in [-0.15, -0.1) is 9.78 Å². The summed E-state index contributed by atoms with van der Waals surface area (Å²) in [5.74, 6) is -0.932. The number of aromatic nitrogens is 7. The lowest BCUT2D eigenvalue weighted by Gasteiger charge is -2.29. The number of hydrogen-bond acceptors (Lipinski definition) is 16. The molecule has 6 heterocycles. The zero-order valence-corrected chi connectivity index (χ0v) is 42.3. The van der Waals surface area contributed by atoms with E-state index in [2.05, 4.69) is 41.3 Å². The Bertz CT molecular complexity index is 2990. The van der Waals surface area contributed by atoms with Gasteiger partial charge in [0.05, 0.1) is 74.0 Å². The smallest absolute Gasteiger partial charge is 0.407 e. The second-order valence-corrected chi connectivity index (χ2v) is 18.8. The fraction of sp³-hybridized carbons (Fsp3) is 0.420. The number of nitrogens with one attached hydrogen (secondary N) is 4. The van der Waals surface area contributed by atoms with Gasteiger partial charge >= 0.3 is 24.1 Å². The van der Waals surface area contributed by atoms with Crippen LogP contribution in [0.15, 0.2) is 89.4 Å². The minimum Gasteiger partial charge on any atom is -0.459 e. The molecule has 5 unspecified atom stereocenters. The summed E-state index contributed by atoms with van der Waals surface area (Å²) in [6.07, 6.45) is 6.15. The first-order valence-corrected chi connectivity index (χ1v) is 24.0. The number of benzene rings is 2. The van der Waals surface area contributed by atoms with E-state index in [1.54, 1.807) is 44.0 Å². The zero-order valence-electron chi connectivity index (χ0n) is 42.3. The first-order valence-electron chi connectivity index (χ1n) is 24.0. The highest BCUT2D eigenvalue weighted by molar-refractivity contribution is 5.94. The molecular formula is C50H59N14O10+. The molecule has 4 N–H and O–H groups in total. The van der Waals surface area contributed by atoms with Crippen molar-refractivity contribution in [3.8, 4) is 33.6 Å². The highest BCUT2D eigenvalue weighted by Crippen LogP contribution is 2.39. The van der Waals surface area contributed by atoms with Crippen molar-refractivity contribution in [1.82, 2.24) is 55.4 Å². The van der Waals surface area contributed by atoms with Crippen molar-refractivity contribution in [2.45, 2.75) is 91.2 Å². The molecule has 2 fully saturated rings. The monoisotopic (exact) mass is 1020 g/mol. The van der Waals surface area contributed by atoms with Crippen LogP contribution in [0, 0.1) is 11.8 Å². The Labute approximate surface area is 425 Å². The SMILES string of the molecule is COC(=O)NC(C(=O)N1CC(=[N+]2C=C(COC(C)=O)N=N2)CC1c1ncc(-c2ccc(-c3ccc(-c4cnc(C5CC(n6cc(COC(C)=O)nn6)CN5C(=O)C(NC(=O)OC)C(C)C)[nH]4)cc3)cc2)[nH]1)C(C)C.